The van der Waals surface area contributed by atoms with Crippen LogP contribution in [-0.2, 0) is 4.79 Å². The third-order valence-electron chi connectivity index (χ3n) is 3.24. The summed E-state index contributed by atoms with van der Waals surface area (Å²) in [5, 5.41) is 14.0. The monoisotopic (exact) mass is 357 g/mol. The molecule has 0 radical (unpaired) electrons. The molecule has 1 aromatic carbocycles. The van der Waals surface area contributed by atoms with Crippen LogP contribution in [0.25, 0.3) is 0 Å². The number of nitrogens with one attached hydrogen (secondary N) is 1. The van der Waals surface area contributed by atoms with Gasteiger partial charge in [-0.25, -0.2) is 0 Å². The maximum Gasteiger partial charge on any atom is 0.274 e. The van der Waals surface area contributed by atoms with E-state index in [4.69, 9.17) is 10.5 Å². The van der Waals surface area contributed by atoms with E-state index in [1.54, 1.807) is 13.0 Å². The molecule has 1 fully saturated rings. The zero-order chi connectivity index (χ0) is 15.6. The summed E-state index contributed by atoms with van der Waals surface area (Å²) < 4.78 is 6.07. The van der Waals surface area contributed by atoms with Gasteiger partial charge in [0.05, 0.1) is 11.0 Å². The van der Waals surface area contributed by atoms with Crippen molar-refractivity contribution in [3.05, 3.63) is 32.8 Å². The predicted octanol–water partition coefficient (Wildman–Crippen LogP) is 1.73. The van der Waals surface area contributed by atoms with Crippen LogP contribution in [0.1, 0.15) is 19.8 Å². The average Bonchev–Trinajstić information content (AvgIpc) is 3.19. The number of carbonyl (C=O) groups excluding carboxylic acids is 1. The number of nitrogens with zero attached hydrogens (tertiary/aromatic N) is 1. The lowest BCUT2D eigenvalue weighted by Gasteiger charge is -2.27. The molecule has 1 aromatic rings. The van der Waals surface area contributed by atoms with Crippen molar-refractivity contribution in [2.45, 2.75) is 31.3 Å². The molecule has 7 nitrogen and oxygen atoms in total. The fraction of sp³-hybridized carbons (Fsp3) is 0.462. The molecule has 114 valence electrons. The van der Waals surface area contributed by atoms with Gasteiger partial charge in [0.2, 0.25) is 5.91 Å². The van der Waals surface area contributed by atoms with Crippen molar-refractivity contribution < 1.29 is 14.5 Å². The first-order valence-electron chi connectivity index (χ1n) is 6.45. The van der Waals surface area contributed by atoms with Crippen molar-refractivity contribution >= 4 is 27.5 Å². The Bertz CT molecular complexity index is 577. The van der Waals surface area contributed by atoms with Crippen molar-refractivity contribution in [3.8, 4) is 5.75 Å². The van der Waals surface area contributed by atoms with E-state index in [-0.39, 0.29) is 18.3 Å². The number of ether oxygens (including phenoxy) is 1. The zero-order valence-corrected chi connectivity index (χ0v) is 13.1. The molecule has 0 spiro atoms. The Balaban J connectivity index is 2.09. The molecule has 1 saturated carbocycles. The van der Waals surface area contributed by atoms with E-state index in [9.17, 15) is 14.9 Å². The standard InChI is InChI=1S/C13H16BrN3O4/c1-13(12(15)18,16-9-2-3-9)7-21-11-5-8(14)4-10(6-11)17(19)20/h4-6,9,16H,2-3,7H2,1H3,(H2,15,18). The van der Waals surface area contributed by atoms with E-state index in [1.165, 1.54) is 12.1 Å². The number of hydrogen-bond acceptors (Lipinski definition) is 5. The summed E-state index contributed by atoms with van der Waals surface area (Å²) in [6, 6.07) is 4.57. The Hall–Kier alpha value is -1.67. The lowest BCUT2D eigenvalue weighted by atomic mass is 10.0. The van der Waals surface area contributed by atoms with Gasteiger partial charge in [0.1, 0.15) is 17.9 Å². The Morgan fingerprint density at radius 2 is 2.24 bits per heavy atom. The number of nitro groups is 1. The molecule has 1 atom stereocenters. The Morgan fingerprint density at radius 1 is 1.57 bits per heavy atom. The first-order valence-corrected chi connectivity index (χ1v) is 7.25. The highest BCUT2D eigenvalue weighted by Crippen LogP contribution is 2.27. The van der Waals surface area contributed by atoms with Crippen LogP contribution in [0.5, 0.6) is 5.75 Å². The van der Waals surface area contributed by atoms with E-state index in [0.717, 1.165) is 12.8 Å². The van der Waals surface area contributed by atoms with Gasteiger partial charge in [0, 0.05) is 16.6 Å². The minimum absolute atomic E-state index is 0.00639. The molecule has 3 N–H and O–H groups in total. The van der Waals surface area contributed by atoms with Gasteiger partial charge in [-0.2, -0.15) is 0 Å². The fourth-order valence-electron chi connectivity index (χ4n) is 1.83. The summed E-state index contributed by atoms with van der Waals surface area (Å²) in [5.74, 6) is -0.208. The summed E-state index contributed by atoms with van der Waals surface area (Å²) >= 11 is 3.19. The van der Waals surface area contributed by atoms with Crippen LogP contribution in [0.4, 0.5) is 5.69 Å². The quantitative estimate of drug-likeness (QED) is 0.570. The van der Waals surface area contributed by atoms with Crippen molar-refractivity contribution in [2.75, 3.05) is 6.61 Å². The normalized spacial score (nSPS) is 17.0. The molecule has 1 amide bonds. The molecular formula is C13H16BrN3O4. The van der Waals surface area contributed by atoms with Gasteiger partial charge in [-0.15, -0.1) is 0 Å². The molecule has 21 heavy (non-hydrogen) atoms. The second-order valence-corrected chi connectivity index (χ2v) is 6.22. The SMILES string of the molecule is CC(COc1cc(Br)cc([N+](=O)[O-])c1)(NC1CC1)C(N)=O. The number of carbonyl (C=O) groups is 1. The molecule has 1 aliphatic carbocycles. The van der Waals surface area contributed by atoms with Gasteiger partial charge in [0.15, 0.2) is 0 Å². The molecule has 0 saturated heterocycles. The van der Waals surface area contributed by atoms with Gasteiger partial charge in [-0.3, -0.25) is 20.2 Å². The number of non-ortho nitro benzene ring substituents is 1. The molecule has 1 aliphatic rings. The van der Waals surface area contributed by atoms with Crippen molar-refractivity contribution in [2.24, 2.45) is 5.73 Å². The topological polar surface area (TPSA) is 107 Å². The van der Waals surface area contributed by atoms with E-state index in [2.05, 4.69) is 21.2 Å². The number of benzene rings is 1. The minimum atomic E-state index is -1.00. The first kappa shape index (κ1) is 15.7. The van der Waals surface area contributed by atoms with Gasteiger partial charge < -0.3 is 10.5 Å². The summed E-state index contributed by atoms with van der Waals surface area (Å²) in [4.78, 5) is 21.9. The smallest absolute Gasteiger partial charge is 0.274 e. The Kier molecular flexibility index (Phi) is 4.48. The number of rotatable bonds is 7. The molecule has 0 heterocycles. The molecular weight excluding hydrogens is 342 g/mol. The van der Waals surface area contributed by atoms with Crippen molar-refractivity contribution in [1.82, 2.24) is 5.32 Å². The van der Waals surface area contributed by atoms with Gasteiger partial charge in [-0.1, -0.05) is 15.9 Å². The maximum atomic E-state index is 11.6. The number of halogens is 1. The van der Waals surface area contributed by atoms with Crippen molar-refractivity contribution in [1.29, 1.82) is 0 Å². The molecule has 8 heteroatoms. The molecule has 0 bridgehead atoms. The highest BCUT2D eigenvalue weighted by Gasteiger charge is 2.37. The van der Waals surface area contributed by atoms with E-state index in [1.807, 2.05) is 0 Å². The van der Waals surface area contributed by atoms with Crippen LogP contribution in [0.2, 0.25) is 0 Å². The highest BCUT2D eigenvalue weighted by molar-refractivity contribution is 9.10. The second kappa shape index (κ2) is 5.98. The molecule has 1 unspecified atom stereocenters. The maximum absolute atomic E-state index is 11.6. The number of hydrogen-bond donors (Lipinski definition) is 2. The molecule has 0 aromatic heterocycles. The number of nitro benzene ring substituents is 1. The largest absolute Gasteiger partial charge is 0.491 e. The lowest BCUT2D eigenvalue weighted by Crippen LogP contribution is -2.57. The van der Waals surface area contributed by atoms with Crippen LogP contribution in [0.3, 0.4) is 0 Å². The van der Waals surface area contributed by atoms with Gasteiger partial charge >= 0.3 is 0 Å². The van der Waals surface area contributed by atoms with Crippen molar-refractivity contribution in [3.63, 3.8) is 0 Å². The van der Waals surface area contributed by atoms with Gasteiger partial charge in [0.25, 0.3) is 5.69 Å². The van der Waals surface area contributed by atoms with Crippen LogP contribution >= 0.6 is 15.9 Å². The Labute approximate surface area is 130 Å². The predicted molar refractivity (Wildman–Crippen MR) is 80.0 cm³/mol. The van der Waals surface area contributed by atoms with E-state index < -0.39 is 16.4 Å². The van der Waals surface area contributed by atoms with Crippen LogP contribution in [-0.4, -0.2) is 29.0 Å². The first-order chi connectivity index (χ1) is 9.80. The van der Waals surface area contributed by atoms with Crippen LogP contribution < -0.4 is 15.8 Å². The van der Waals surface area contributed by atoms with Crippen LogP contribution in [0, 0.1) is 10.1 Å². The Morgan fingerprint density at radius 3 is 2.76 bits per heavy atom. The highest BCUT2D eigenvalue weighted by atomic mass is 79.9. The van der Waals surface area contributed by atoms with E-state index >= 15 is 0 Å². The van der Waals surface area contributed by atoms with E-state index in [0.29, 0.717) is 10.2 Å². The number of nitrogens with two attached hydrogens (primary N) is 1. The lowest BCUT2D eigenvalue weighted by molar-refractivity contribution is -0.385. The fourth-order valence-corrected chi connectivity index (χ4v) is 2.29. The average molecular weight is 358 g/mol. The minimum Gasteiger partial charge on any atom is -0.491 e. The summed E-state index contributed by atoms with van der Waals surface area (Å²) in [7, 11) is 0. The summed E-state index contributed by atoms with van der Waals surface area (Å²) in [6.07, 6.45) is 2.01. The van der Waals surface area contributed by atoms with Gasteiger partial charge in [-0.05, 0) is 25.8 Å². The zero-order valence-electron chi connectivity index (χ0n) is 11.5. The third-order valence-corrected chi connectivity index (χ3v) is 3.70. The second-order valence-electron chi connectivity index (χ2n) is 5.31. The molecule has 2 rings (SSSR count). The number of primary amides is 1. The molecule has 0 aliphatic heterocycles. The summed E-state index contributed by atoms with van der Waals surface area (Å²) in [6.45, 7) is 1.67. The number of amides is 1. The van der Waals surface area contributed by atoms with Crippen LogP contribution in [0.15, 0.2) is 22.7 Å². The summed E-state index contributed by atoms with van der Waals surface area (Å²) in [5.41, 5.74) is 4.33. The third kappa shape index (κ3) is 4.15.